The Labute approximate surface area is 181 Å². The van der Waals surface area contributed by atoms with Gasteiger partial charge >= 0.3 is 0 Å². The SMILES string of the molecule is Cc1ccc(OCCCC(=O)Nc2ccc(S(=O)(=O)Nc3ccccc3F)cc2)cc1. The Hall–Kier alpha value is -3.39. The lowest BCUT2D eigenvalue weighted by Gasteiger charge is -2.10. The summed E-state index contributed by atoms with van der Waals surface area (Å²) in [4.78, 5) is 12.0. The van der Waals surface area contributed by atoms with Gasteiger partial charge in [-0.3, -0.25) is 9.52 Å². The predicted molar refractivity (Wildman–Crippen MR) is 118 cm³/mol. The smallest absolute Gasteiger partial charge is 0.261 e. The van der Waals surface area contributed by atoms with Gasteiger partial charge in [0.1, 0.15) is 11.6 Å². The second-order valence-electron chi connectivity index (χ2n) is 6.92. The first kappa shape index (κ1) is 22.3. The molecular formula is C23H23FN2O4S. The lowest BCUT2D eigenvalue weighted by Crippen LogP contribution is -2.15. The summed E-state index contributed by atoms with van der Waals surface area (Å²) in [5, 5.41) is 2.72. The highest BCUT2D eigenvalue weighted by atomic mass is 32.2. The van der Waals surface area contributed by atoms with Gasteiger partial charge in [0, 0.05) is 12.1 Å². The number of para-hydroxylation sites is 1. The van der Waals surface area contributed by atoms with Crippen LogP contribution in [0.25, 0.3) is 0 Å². The minimum absolute atomic E-state index is 0.0414. The molecule has 0 spiro atoms. The second kappa shape index (κ2) is 10.1. The van der Waals surface area contributed by atoms with E-state index in [1.807, 2.05) is 31.2 Å². The standard InChI is InChI=1S/C23H23FN2O4S/c1-17-8-12-19(13-9-17)30-16-4-7-23(27)25-18-10-14-20(15-11-18)31(28,29)26-22-6-3-2-5-21(22)24/h2-3,5-6,8-15,26H,4,7,16H2,1H3,(H,25,27). The van der Waals surface area contributed by atoms with Crippen molar-refractivity contribution < 1.29 is 22.3 Å². The second-order valence-corrected chi connectivity index (χ2v) is 8.61. The van der Waals surface area contributed by atoms with Crippen molar-refractivity contribution >= 4 is 27.3 Å². The topological polar surface area (TPSA) is 84.5 Å². The maximum Gasteiger partial charge on any atom is 0.261 e. The number of carbonyl (C=O) groups is 1. The lowest BCUT2D eigenvalue weighted by atomic mass is 10.2. The number of benzene rings is 3. The molecule has 162 valence electrons. The van der Waals surface area contributed by atoms with E-state index in [0.29, 0.717) is 18.7 Å². The van der Waals surface area contributed by atoms with Gasteiger partial charge in [-0.1, -0.05) is 29.8 Å². The first-order valence-electron chi connectivity index (χ1n) is 9.70. The summed E-state index contributed by atoms with van der Waals surface area (Å²) in [5.41, 5.74) is 1.48. The average Bonchev–Trinajstić information content (AvgIpc) is 2.74. The Morgan fingerprint density at radius 3 is 2.32 bits per heavy atom. The summed E-state index contributed by atoms with van der Waals surface area (Å²) >= 11 is 0. The fraction of sp³-hybridized carbons (Fsp3) is 0.174. The number of aryl methyl sites for hydroxylation is 1. The molecule has 0 saturated heterocycles. The molecule has 1 amide bonds. The molecule has 0 aliphatic heterocycles. The minimum Gasteiger partial charge on any atom is -0.494 e. The van der Waals surface area contributed by atoms with Gasteiger partial charge in [0.2, 0.25) is 5.91 Å². The molecule has 0 aromatic heterocycles. The van der Waals surface area contributed by atoms with Gasteiger partial charge in [-0.25, -0.2) is 12.8 Å². The molecule has 0 heterocycles. The molecule has 0 bridgehead atoms. The van der Waals surface area contributed by atoms with Crippen LogP contribution >= 0.6 is 0 Å². The summed E-state index contributed by atoms with van der Waals surface area (Å²) in [6, 6.07) is 18.8. The van der Waals surface area contributed by atoms with Crippen molar-refractivity contribution in [3.8, 4) is 5.75 Å². The summed E-state index contributed by atoms with van der Waals surface area (Å²) in [6.07, 6.45) is 0.805. The van der Waals surface area contributed by atoms with E-state index in [2.05, 4.69) is 10.0 Å². The highest BCUT2D eigenvalue weighted by Gasteiger charge is 2.16. The van der Waals surface area contributed by atoms with Crippen molar-refractivity contribution in [2.75, 3.05) is 16.6 Å². The Morgan fingerprint density at radius 1 is 0.968 bits per heavy atom. The van der Waals surface area contributed by atoms with Crippen molar-refractivity contribution in [1.82, 2.24) is 0 Å². The van der Waals surface area contributed by atoms with Crippen LogP contribution in [0.5, 0.6) is 5.75 Å². The molecule has 0 aliphatic carbocycles. The average molecular weight is 443 g/mol. The number of sulfonamides is 1. The van der Waals surface area contributed by atoms with Gasteiger partial charge in [-0.05, 0) is 61.9 Å². The molecule has 3 aromatic carbocycles. The van der Waals surface area contributed by atoms with Gasteiger partial charge in [-0.2, -0.15) is 0 Å². The van der Waals surface area contributed by atoms with E-state index < -0.39 is 15.8 Å². The molecule has 0 radical (unpaired) electrons. The zero-order valence-corrected chi connectivity index (χ0v) is 17.8. The number of hydrogen-bond acceptors (Lipinski definition) is 4. The van der Waals surface area contributed by atoms with Crippen molar-refractivity contribution in [1.29, 1.82) is 0 Å². The van der Waals surface area contributed by atoms with Crippen molar-refractivity contribution in [3.63, 3.8) is 0 Å². The van der Waals surface area contributed by atoms with Crippen LogP contribution in [-0.4, -0.2) is 20.9 Å². The zero-order chi connectivity index (χ0) is 22.3. The van der Waals surface area contributed by atoms with E-state index in [4.69, 9.17) is 4.74 Å². The zero-order valence-electron chi connectivity index (χ0n) is 17.0. The third kappa shape index (κ3) is 6.55. The number of nitrogens with one attached hydrogen (secondary N) is 2. The highest BCUT2D eigenvalue weighted by molar-refractivity contribution is 7.92. The molecule has 6 nitrogen and oxygen atoms in total. The van der Waals surface area contributed by atoms with Crippen molar-refractivity contribution in [2.45, 2.75) is 24.7 Å². The first-order valence-corrected chi connectivity index (χ1v) is 11.2. The van der Waals surface area contributed by atoms with E-state index in [1.54, 1.807) is 0 Å². The van der Waals surface area contributed by atoms with Gasteiger partial charge in [0.25, 0.3) is 10.0 Å². The van der Waals surface area contributed by atoms with Gasteiger partial charge in [0.15, 0.2) is 0 Å². The Bertz CT molecular complexity index is 1130. The van der Waals surface area contributed by atoms with E-state index in [0.717, 1.165) is 11.3 Å². The molecule has 0 fully saturated rings. The van der Waals surface area contributed by atoms with Crippen LogP contribution in [0.1, 0.15) is 18.4 Å². The lowest BCUT2D eigenvalue weighted by molar-refractivity contribution is -0.116. The van der Waals surface area contributed by atoms with Gasteiger partial charge in [-0.15, -0.1) is 0 Å². The third-order valence-electron chi connectivity index (χ3n) is 4.40. The van der Waals surface area contributed by atoms with E-state index in [1.165, 1.54) is 48.5 Å². The molecule has 31 heavy (non-hydrogen) atoms. The van der Waals surface area contributed by atoms with E-state index >= 15 is 0 Å². The van der Waals surface area contributed by atoms with Crippen LogP contribution in [0.3, 0.4) is 0 Å². The minimum atomic E-state index is -3.95. The molecule has 0 atom stereocenters. The molecule has 3 aromatic rings. The van der Waals surface area contributed by atoms with E-state index in [-0.39, 0.29) is 22.9 Å². The van der Waals surface area contributed by atoms with Gasteiger partial charge < -0.3 is 10.1 Å². The van der Waals surface area contributed by atoms with Crippen molar-refractivity contribution in [3.05, 3.63) is 84.2 Å². The van der Waals surface area contributed by atoms with Crippen LogP contribution in [0.4, 0.5) is 15.8 Å². The summed E-state index contributed by atoms with van der Waals surface area (Å²) < 4.78 is 46.3. The third-order valence-corrected chi connectivity index (χ3v) is 5.79. The van der Waals surface area contributed by atoms with Crippen LogP contribution < -0.4 is 14.8 Å². The monoisotopic (exact) mass is 442 g/mol. The Kier molecular flexibility index (Phi) is 7.25. The Balaban J connectivity index is 1.48. The number of ether oxygens (including phenoxy) is 1. The number of rotatable bonds is 9. The van der Waals surface area contributed by atoms with Crippen molar-refractivity contribution in [2.24, 2.45) is 0 Å². The van der Waals surface area contributed by atoms with Crippen LogP contribution in [0, 0.1) is 12.7 Å². The van der Waals surface area contributed by atoms with Crippen LogP contribution in [-0.2, 0) is 14.8 Å². The maximum absolute atomic E-state index is 13.7. The molecule has 0 unspecified atom stereocenters. The fourth-order valence-corrected chi connectivity index (χ4v) is 3.81. The summed E-state index contributed by atoms with van der Waals surface area (Å²) in [7, 11) is -3.95. The fourth-order valence-electron chi connectivity index (χ4n) is 2.75. The van der Waals surface area contributed by atoms with Crippen LogP contribution in [0.2, 0.25) is 0 Å². The number of anilines is 2. The first-order chi connectivity index (χ1) is 14.8. The number of halogens is 1. The van der Waals surface area contributed by atoms with Crippen LogP contribution in [0.15, 0.2) is 77.7 Å². The Morgan fingerprint density at radius 2 is 1.65 bits per heavy atom. The largest absolute Gasteiger partial charge is 0.494 e. The van der Waals surface area contributed by atoms with Gasteiger partial charge in [0.05, 0.1) is 17.2 Å². The number of hydrogen-bond donors (Lipinski definition) is 2. The highest BCUT2D eigenvalue weighted by Crippen LogP contribution is 2.20. The molecule has 0 aliphatic rings. The molecular weight excluding hydrogens is 419 g/mol. The van der Waals surface area contributed by atoms with E-state index in [9.17, 15) is 17.6 Å². The molecule has 0 saturated carbocycles. The molecule has 3 rings (SSSR count). The predicted octanol–water partition coefficient (Wildman–Crippen LogP) is 4.73. The number of carbonyl (C=O) groups excluding carboxylic acids is 1. The maximum atomic E-state index is 13.7. The molecule has 2 N–H and O–H groups in total. The summed E-state index contributed by atoms with van der Waals surface area (Å²) in [5.74, 6) is -0.110. The quantitative estimate of drug-likeness (QED) is 0.469. The molecule has 8 heteroatoms. The number of amides is 1. The summed E-state index contributed by atoms with van der Waals surface area (Å²) in [6.45, 7) is 2.41. The normalized spacial score (nSPS) is 11.0.